The van der Waals surface area contributed by atoms with E-state index in [2.05, 4.69) is 21.2 Å². The van der Waals surface area contributed by atoms with E-state index in [4.69, 9.17) is 25.7 Å². The molecule has 0 unspecified atom stereocenters. The van der Waals surface area contributed by atoms with Crippen LogP contribution in [0.25, 0.3) is 32.0 Å². The molecule has 0 bridgehead atoms. The van der Waals surface area contributed by atoms with Gasteiger partial charge in [-0.3, -0.25) is 9.78 Å². The average molecular weight is 536 g/mol. The zero-order valence-corrected chi connectivity index (χ0v) is 22.1. The molecular weight excluding hydrogens is 510 g/mol. The quantitative estimate of drug-likeness (QED) is 0.288. The molecule has 4 aromatic rings. The molecule has 0 N–H and O–H groups in total. The number of aryl methyl sites for hydroxylation is 2. The minimum Gasteiger partial charge on any atom is -0.421 e. The van der Waals surface area contributed by atoms with Gasteiger partial charge in [-0.25, -0.2) is 4.98 Å². The Morgan fingerprint density at radius 1 is 1.16 bits per heavy atom. The van der Waals surface area contributed by atoms with E-state index in [9.17, 15) is 4.79 Å². The summed E-state index contributed by atoms with van der Waals surface area (Å²) in [7, 11) is 0. The van der Waals surface area contributed by atoms with Crippen LogP contribution in [0, 0.1) is 12.8 Å². The summed E-state index contributed by atoms with van der Waals surface area (Å²) in [6.45, 7) is 4.16. The van der Waals surface area contributed by atoms with E-state index in [1.165, 1.54) is 0 Å². The van der Waals surface area contributed by atoms with E-state index in [-0.39, 0.29) is 11.9 Å². The van der Waals surface area contributed by atoms with Crippen molar-refractivity contribution in [2.45, 2.75) is 51.5 Å². The lowest BCUT2D eigenvalue weighted by Crippen LogP contribution is -2.22. The molecule has 0 aromatic carbocycles. The van der Waals surface area contributed by atoms with Crippen molar-refractivity contribution in [3.05, 3.63) is 46.3 Å². The van der Waals surface area contributed by atoms with Gasteiger partial charge in [-0.1, -0.05) is 11.6 Å². The van der Waals surface area contributed by atoms with Gasteiger partial charge in [-0.15, -0.1) is 21.5 Å². The fraction of sp³-hybridized carbons (Fsp3) is 0.444. The first-order valence-electron chi connectivity index (χ1n) is 12.9. The number of rotatable bonds is 5. The highest BCUT2D eigenvalue weighted by molar-refractivity contribution is 7.22. The number of nitrogens with zero attached hydrogens (tertiary/aromatic N) is 5. The third-order valence-electron chi connectivity index (χ3n) is 7.85. The van der Waals surface area contributed by atoms with Crippen molar-refractivity contribution in [1.82, 2.24) is 25.1 Å². The number of hydrogen-bond donors (Lipinski definition) is 0. The molecule has 8 nitrogen and oxygen atoms in total. The number of ether oxygens (including phenoxy) is 1. The van der Waals surface area contributed by atoms with Gasteiger partial charge < -0.3 is 14.1 Å². The van der Waals surface area contributed by atoms with Gasteiger partial charge in [-0.05, 0) is 62.0 Å². The number of pyridine rings is 2. The fourth-order valence-electron chi connectivity index (χ4n) is 6.04. The summed E-state index contributed by atoms with van der Waals surface area (Å²) in [4.78, 5) is 26.2. The van der Waals surface area contributed by atoms with E-state index >= 15 is 0 Å². The summed E-state index contributed by atoms with van der Waals surface area (Å²) < 4.78 is 12.5. The van der Waals surface area contributed by atoms with E-state index in [0.29, 0.717) is 28.4 Å². The summed E-state index contributed by atoms with van der Waals surface area (Å²) in [6, 6.07) is 4.07. The van der Waals surface area contributed by atoms with Crippen LogP contribution in [0.15, 0.2) is 22.7 Å². The van der Waals surface area contributed by atoms with Gasteiger partial charge in [0.05, 0.1) is 33.3 Å². The first-order chi connectivity index (χ1) is 18.1. The molecule has 1 atom stereocenters. The lowest BCUT2D eigenvalue weighted by molar-refractivity contribution is 0.0639. The van der Waals surface area contributed by atoms with E-state index < -0.39 is 0 Å². The van der Waals surface area contributed by atoms with Gasteiger partial charge in [0.15, 0.2) is 0 Å². The SMILES string of the molecule is Cc1nnc(-c2c(CCC3CCOCC3)nc3c(c2-c2cc4ccnc(Cl)c4s2)C(=O)N2CCC[C@@H]32)o1. The minimum absolute atomic E-state index is 0.0289. The molecule has 2 saturated heterocycles. The number of halogens is 1. The Labute approximate surface area is 223 Å². The predicted octanol–water partition coefficient (Wildman–Crippen LogP) is 6.02. The van der Waals surface area contributed by atoms with Gasteiger partial charge in [0.25, 0.3) is 5.91 Å². The third kappa shape index (κ3) is 3.86. The molecule has 10 heteroatoms. The Kier molecular flexibility index (Phi) is 5.75. The molecule has 4 aromatic heterocycles. The highest BCUT2D eigenvalue weighted by Crippen LogP contribution is 2.50. The highest BCUT2D eigenvalue weighted by atomic mass is 35.5. The predicted molar refractivity (Wildman–Crippen MR) is 141 cm³/mol. The number of amides is 1. The number of fused-ring (bicyclic) bond motifs is 4. The van der Waals surface area contributed by atoms with Crippen LogP contribution >= 0.6 is 22.9 Å². The van der Waals surface area contributed by atoms with Crippen molar-refractivity contribution < 1.29 is 13.9 Å². The Hall–Kier alpha value is -2.88. The molecule has 190 valence electrons. The largest absolute Gasteiger partial charge is 0.421 e. The maximum absolute atomic E-state index is 13.8. The normalized spacial score (nSPS) is 19.7. The van der Waals surface area contributed by atoms with E-state index in [1.54, 1.807) is 24.5 Å². The van der Waals surface area contributed by atoms with Crippen LogP contribution in [0.4, 0.5) is 0 Å². The maximum atomic E-state index is 13.8. The lowest BCUT2D eigenvalue weighted by atomic mass is 9.90. The summed E-state index contributed by atoms with van der Waals surface area (Å²) in [6.07, 6.45) is 7.54. The molecule has 0 spiro atoms. The van der Waals surface area contributed by atoms with Crippen LogP contribution in [0.3, 0.4) is 0 Å². The number of aromatic nitrogens is 4. The van der Waals surface area contributed by atoms with Gasteiger partial charge in [0.1, 0.15) is 5.15 Å². The highest BCUT2D eigenvalue weighted by Gasteiger charge is 2.44. The molecular formula is C27H26ClN5O3S. The zero-order valence-electron chi connectivity index (χ0n) is 20.5. The molecule has 0 aliphatic carbocycles. The molecule has 0 radical (unpaired) electrons. The Morgan fingerprint density at radius 2 is 2.03 bits per heavy atom. The number of hydrogen-bond acceptors (Lipinski definition) is 8. The molecule has 0 saturated carbocycles. The van der Waals surface area contributed by atoms with Crippen molar-refractivity contribution in [2.24, 2.45) is 5.92 Å². The maximum Gasteiger partial charge on any atom is 0.257 e. The first-order valence-corrected chi connectivity index (χ1v) is 14.1. The average Bonchev–Trinajstić information content (AvgIpc) is 3.69. The molecule has 3 aliphatic rings. The molecule has 7 rings (SSSR count). The topological polar surface area (TPSA) is 94.2 Å². The molecule has 37 heavy (non-hydrogen) atoms. The first kappa shape index (κ1) is 23.3. The zero-order chi connectivity index (χ0) is 25.1. The smallest absolute Gasteiger partial charge is 0.257 e. The van der Waals surface area contributed by atoms with Crippen molar-refractivity contribution in [1.29, 1.82) is 0 Å². The molecule has 1 amide bonds. The summed E-state index contributed by atoms with van der Waals surface area (Å²) in [5.74, 6) is 1.51. The van der Waals surface area contributed by atoms with Crippen molar-refractivity contribution >= 4 is 38.9 Å². The van der Waals surface area contributed by atoms with Crippen molar-refractivity contribution in [3.63, 3.8) is 0 Å². The summed E-state index contributed by atoms with van der Waals surface area (Å²) in [5.41, 5.74) is 4.10. The fourth-order valence-corrected chi connectivity index (χ4v) is 7.41. The number of thiophene rings is 1. The van der Waals surface area contributed by atoms with Crippen LogP contribution in [0.1, 0.15) is 65.8 Å². The monoisotopic (exact) mass is 535 g/mol. The second-order valence-corrected chi connectivity index (χ2v) is 11.5. The van der Waals surface area contributed by atoms with Gasteiger partial charge >= 0.3 is 0 Å². The minimum atomic E-state index is 0.0289. The van der Waals surface area contributed by atoms with E-state index in [0.717, 1.165) is 95.8 Å². The second kappa shape index (κ2) is 9.15. The Balaban J connectivity index is 1.47. The Bertz CT molecular complexity index is 1530. The summed E-state index contributed by atoms with van der Waals surface area (Å²) >= 11 is 8.01. The third-order valence-corrected chi connectivity index (χ3v) is 9.42. The molecule has 7 heterocycles. The van der Waals surface area contributed by atoms with Gasteiger partial charge in [0, 0.05) is 43.3 Å². The lowest BCUT2D eigenvalue weighted by Gasteiger charge is -2.22. The van der Waals surface area contributed by atoms with Crippen LogP contribution in [0.5, 0.6) is 0 Å². The van der Waals surface area contributed by atoms with Gasteiger partial charge in [-0.2, -0.15) is 0 Å². The van der Waals surface area contributed by atoms with Crippen LogP contribution in [-0.4, -0.2) is 50.7 Å². The number of carbonyl (C=O) groups is 1. The molecule has 3 aliphatic heterocycles. The van der Waals surface area contributed by atoms with E-state index in [1.807, 2.05) is 11.0 Å². The Morgan fingerprint density at radius 3 is 2.81 bits per heavy atom. The van der Waals surface area contributed by atoms with Crippen LogP contribution in [-0.2, 0) is 11.2 Å². The van der Waals surface area contributed by atoms with Crippen molar-refractivity contribution in [2.75, 3.05) is 19.8 Å². The van der Waals surface area contributed by atoms with Crippen LogP contribution in [0.2, 0.25) is 5.15 Å². The van der Waals surface area contributed by atoms with Crippen LogP contribution < -0.4 is 0 Å². The van der Waals surface area contributed by atoms with Gasteiger partial charge in [0.2, 0.25) is 11.8 Å². The molecule has 2 fully saturated rings. The summed E-state index contributed by atoms with van der Waals surface area (Å²) in [5, 5.41) is 10.0. The standard InChI is InChI=1S/C27H26ClN5O3S/c1-14-31-32-26(36-14)20-17(5-4-15-7-11-35-12-8-15)30-23-18-3-2-10-33(18)27(34)22(23)21(20)19-13-16-6-9-29-25(28)24(16)37-19/h6,9,13,15,18H,2-5,7-8,10-12H2,1H3/t18-/m0/s1. The van der Waals surface area contributed by atoms with Crippen molar-refractivity contribution in [3.8, 4) is 21.9 Å². The number of carbonyl (C=O) groups excluding carboxylic acids is 1. The second-order valence-electron chi connectivity index (χ2n) is 10.1.